The van der Waals surface area contributed by atoms with Crippen LogP contribution < -0.4 is 10.1 Å². The molecule has 0 bridgehead atoms. The van der Waals surface area contributed by atoms with Crippen molar-refractivity contribution in [2.24, 2.45) is 0 Å². The minimum Gasteiger partial charge on any atom is -0.483 e. The molecule has 1 saturated carbocycles. The Morgan fingerprint density at radius 3 is 2.31 bits per heavy atom. The average molecular weight is 521 g/mol. The van der Waals surface area contributed by atoms with Crippen LogP contribution in [-0.2, 0) is 22.6 Å². The van der Waals surface area contributed by atoms with Crippen molar-refractivity contribution in [3.63, 3.8) is 0 Å². The third-order valence-electron chi connectivity index (χ3n) is 7.55. The molecule has 2 amide bonds. The molecule has 0 spiro atoms. The molecule has 5 rings (SSSR count). The van der Waals surface area contributed by atoms with Gasteiger partial charge in [-0.2, -0.15) is 0 Å². The number of nitrogens with zero attached hydrogens (tertiary/aromatic N) is 1. The lowest BCUT2D eigenvalue weighted by molar-refractivity contribution is -0.143. The zero-order chi connectivity index (χ0) is 27.0. The number of fused-ring (bicyclic) bond motifs is 1. The van der Waals surface area contributed by atoms with Gasteiger partial charge in [0.2, 0.25) is 5.91 Å². The lowest BCUT2D eigenvalue weighted by Gasteiger charge is -2.32. The second-order valence-corrected chi connectivity index (χ2v) is 10.5. The van der Waals surface area contributed by atoms with E-state index in [1.165, 1.54) is 0 Å². The summed E-state index contributed by atoms with van der Waals surface area (Å²) in [5.41, 5.74) is 3.14. The molecule has 5 nitrogen and oxygen atoms in total. The molecule has 5 heteroatoms. The maximum Gasteiger partial charge on any atom is 0.261 e. The number of ether oxygens (including phenoxy) is 1. The number of nitrogens with one attached hydrogen (secondary N) is 1. The van der Waals surface area contributed by atoms with Crippen LogP contribution in [0, 0.1) is 6.92 Å². The average Bonchev–Trinajstić information content (AvgIpc) is 3.48. The Kier molecular flexibility index (Phi) is 8.57. The normalized spacial score (nSPS) is 14.2. The number of benzene rings is 4. The Morgan fingerprint density at radius 2 is 1.54 bits per heavy atom. The zero-order valence-electron chi connectivity index (χ0n) is 22.5. The van der Waals surface area contributed by atoms with Gasteiger partial charge < -0.3 is 15.0 Å². The van der Waals surface area contributed by atoms with Crippen LogP contribution in [0.15, 0.2) is 97.1 Å². The summed E-state index contributed by atoms with van der Waals surface area (Å²) >= 11 is 0. The second-order valence-electron chi connectivity index (χ2n) is 10.5. The molecule has 4 aromatic rings. The zero-order valence-corrected chi connectivity index (χ0v) is 22.5. The van der Waals surface area contributed by atoms with Crippen LogP contribution in [0.2, 0.25) is 0 Å². The van der Waals surface area contributed by atoms with Gasteiger partial charge in [0, 0.05) is 24.4 Å². The Hall–Kier alpha value is -4.12. The third kappa shape index (κ3) is 6.85. The van der Waals surface area contributed by atoms with E-state index < -0.39 is 6.04 Å². The SMILES string of the molecule is Cc1ccc(CN(C(=O)COc2cccc3ccccc23)[C@H](Cc2ccccc2)C(=O)NC2CCCC2)cc1. The lowest BCUT2D eigenvalue weighted by Crippen LogP contribution is -2.53. The van der Waals surface area contributed by atoms with Crippen LogP contribution in [-0.4, -0.2) is 35.4 Å². The van der Waals surface area contributed by atoms with Gasteiger partial charge in [-0.1, -0.05) is 109 Å². The number of carbonyl (C=O) groups excluding carboxylic acids is 2. The van der Waals surface area contributed by atoms with Crippen molar-refractivity contribution in [2.75, 3.05) is 6.61 Å². The van der Waals surface area contributed by atoms with E-state index in [0.717, 1.165) is 53.1 Å². The molecule has 1 atom stereocenters. The fourth-order valence-electron chi connectivity index (χ4n) is 5.36. The monoisotopic (exact) mass is 520 g/mol. The van der Waals surface area contributed by atoms with Gasteiger partial charge in [0.25, 0.3) is 5.91 Å². The molecule has 4 aromatic carbocycles. The summed E-state index contributed by atoms with van der Waals surface area (Å²) < 4.78 is 6.11. The molecular formula is C34H36N2O3. The summed E-state index contributed by atoms with van der Waals surface area (Å²) in [6, 6.07) is 31.4. The topological polar surface area (TPSA) is 58.6 Å². The Labute approximate surface area is 230 Å². The van der Waals surface area contributed by atoms with Gasteiger partial charge in [-0.05, 0) is 42.3 Å². The van der Waals surface area contributed by atoms with E-state index in [1.807, 2.05) is 104 Å². The summed E-state index contributed by atoms with van der Waals surface area (Å²) in [5, 5.41) is 5.26. The molecule has 1 aliphatic rings. The van der Waals surface area contributed by atoms with E-state index in [0.29, 0.717) is 18.7 Å². The van der Waals surface area contributed by atoms with Crippen molar-refractivity contribution in [2.45, 2.75) is 57.7 Å². The van der Waals surface area contributed by atoms with Gasteiger partial charge in [-0.25, -0.2) is 0 Å². The first kappa shape index (κ1) is 26.5. The molecule has 0 radical (unpaired) electrons. The highest BCUT2D eigenvalue weighted by molar-refractivity contribution is 5.90. The van der Waals surface area contributed by atoms with Gasteiger partial charge in [-0.3, -0.25) is 9.59 Å². The number of carbonyl (C=O) groups is 2. The largest absolute Gasteiger partial charge is 0.483 e. The maximum absolute atomic E-state index is 13.9. The first-order chi connectivity index (χ1) is 19.1. The number of aryl methyl sites for hydroxylation is 1. The summed E-state index contributed by atoms with van der Waals surface area (Å²) in [4.78, 5) is 29.4. The first-order valence-corrected chi connectivity index (χ1v) is 13.9. The third-order valence-corrected chi connectivity index (χ3v) is 7.55. The van der Waals surface area contributed by atoms with Gasteiger partial charge in [0.05, 0.1) is 0 Å². The molecule has 1 aliphatic carbocycles. The van der Waals surface area contributed by atoms with Crippen LogP contribution >= 0.6 is 0 Å². The van der Waals surface area contributed by atoms with Crippen LogP contribution in [0.4, 0.5) is 0 Å². The molecular weight excluding hydrogens is 484 g/mol. The standard InChI is InChI=1S/C34H36N2O3/c1-25-18-20-27(21-19-25)23-36(33(37)24-39-32-17-9-13-28-12-5-8-16-30(28)32)31(22-26-10-3-2-4-11-26)34(38)35-29-14-6-7-15-29/h2-5,8-13,16-21,29,31H,6-7,14-15,22-24H2,1H3,(H,35,38)/t31-/m1/s1. The maximum atomic E-state index is 13.9. The highest BCUT2D eigenvalue weighted by Crippen LogP contribution is 2.26. The number of amides is 2. The van der Waals surface area contributed by atoms with E-state index in [9.17, 15) is 9.59 Å². The Morgan fingerprint density at radius 1 is 0.846 bits per heavy atom. The quantitative estimate of drug-likeness (QED) is 0.270. The molecule has 0 heterocycles. The van der Waals surface area contributed by atoms with Crippen LogP contribution in [0.1, 0.15) is 42.4 Å². The fourth-order valence-corrected chi connectivity index (χ4v) is 5.36. The summed E-state index contributed by atoms with van der Waals surface area (Å²) in [5.74, 6) is 0.342. The smallest absolute Gasteiger partial charge is 0.261 e. The van der Waals surface area contributed by atoms with E-state index >= 15 is 0 Å². The van der Waals surface area contributed by atoms with E-state index in [4.69, 9.17) is 4.74 Å². The number of rotatable bonds is 10. The van der Waals surface area contributed by atoms with Crippen LogP contribution in [0.3, 0.4) is 0 Å². The number of hydrogen-bond acceptors (Lipinski definition) is 3. The molecule has 0 unspecified atom stereocenters. The number of hydrogen-bond donors (Lipinski definition) is 1. The van der Waals surface area contributed by atoms with E-state index in [1.54, 1.807) is 4.90 Å². The molecule has 39 heavy (non-hydrogen) atoms. The van der Waals surface area contributed by atoms with Crippen LogP contribution in [0.5, 0.6) is 5.75 Å². The fraction of sp³-hybridized carbons (Fsp3) is 0.294. The molecule has 1 fully saturated rings. The van der Waals surface area contributed by atoms with Crippen molar-refractivity contribution in [1.29, 1.82) is 0 Å². The highest BCUT2D eigenvalue weighted by Gasteiger charge is 2.32. The van der Waals surface area contributed by atoms with Gasteiger partial charge >= 0.3 is 0 Å². The molecule has 200 valence electrons. The van der Waals surface area contributed by atoms with Crippen molar-refractivity contribution in [3.05, 3.63) is 114 Å². The summed E-state index contributed by atoms with van der Waals surface area (Å²) in [7, 11) is 0. The molecule has 0 aliphatic heterocycles. The first-order valence-electron chi connectivity index (χ1n) is 13.9. The molecule has 1 N–H and O–H groups in total. The van der Waals surface area contributed by atoms with Crippen LogP contribution in [0.25, 0.3) is 10.8 Å². The van der Waals surface area contributed by atoms with Crippen molar-refractivity contribution in [3.8, 4) is 5.75 Å². The lowest BCUT2D eigenvalue weighted by atomic mass is 10.0. The van der Waals surface area contributed by atoms with Crippen molar-refractivity contribution < 1.29 is 14.3 Å². The minimum absolute atomic E-state index is 0.101. The van der Waals surface area contributed by atoms with E-state index in [-0.39, 0.29) is 24.5 Å². The van der Waals surface area contributed by atoms with E-state index in [2.05, 4.69) is 5.32 Å². The van der Waals surface area contributed by atoms with Gasteiger partial charge in [-0.15, -0.1) is 0 Å². The Bertz CT molecular complexity index is 1390. The Balaban J connectivity index is 1.43. The predicted molar refractivity (Wildman–Crippen MR) is 156 cm³/mol. The molecule has 0 aromatic heterocycles. The van der Waals surface area contributed by atoms with Crippen molar-refractivity contribution in [1.82, 2.24) is 10.2 Å². The summed E-state index contributed by atoms with van der Waals surface area (Å²) in [6.45, 7) is 2.22. The van der Waals surface area contributed by atoms with Gasteiger partial charge in [0.1, 0.15) is 11.8 Å². The minimum atomic E-state index is -0.655. The molecule has 0 saturated heterocycles. The van der Waals surface area contributed by atoms with Gasteiger partial charge in [0.15, 0.2) is 6.61 Å². The van der Waals surface area contributed by atoms with Crippen molar-refractivity contribution >= 4 is 22.6 Å². The second kappa shape index (κ2) is 12.6. The predicted octanol–water partition coefficient (Wildman–Crippen LogP) is 6.23. The summed E-state index contributed by atoms with van der Waals surface area (Å²) in [6.07, 6.45) is 4.66. The highest BCUT2D eigenvalue weighted by atomic mass is 16.5.